The van der Waals surface area contributed by atoms with E-state index in [1.807, 2.05) is 0 Å². The lowest BCUT2D eigenvalue weighted by atomic mass is 10.1. The Hall–Kier alpha value is -0.300. The maximum Gasteiger partial charge on any atom is 0.204 e. The van der Waals surface area contributed by atoms with Crippen LogP contribution < -0.4 is 0 Å². The highest BCUT2D eigenvalue weighted by Crippen LogP contribution is 2.34. The summed E-state index contributed by atoms with van der Waals surface area (Å²) in [6, 6.07) is 3.19. The Balaban J connectivity index is 2.49. The normalized spacial score (nSPS) is 10.7. The Morgan fingerprint density at radius 1 is 1.17 bits per heavy atom. The summed E-state index contributed by atoms with van der Waals surface area (Å²) in [5.41, 5.74) is -0.0585. The number of thiophene rings is 1. The van der Waals surface area contributed by atoms with Gasteiger partial charge in [-0.1, -0.05) is 11.6 Å². The summed E-state index contributed by atoms with van der Waals surface area (Å²) in [4.78, 5) is 12.5. The van der Waals surface area contributed by atoms with Crippen LogP contribution in [-0.2, 0) is 0 Å². The van der Waals surface area contributed by atoms with Crippen LogP contribution in [0.3, 0.4) is 0 Å². The molecule has 2 rings (SSSR count). The van der Waals surface area contributed by atoms with E-state index in [2.05, 4.69) is 31.9 Å². The molecule has 0 N–H and O–H groups in total. The predicted molar refractivity (Wildman–Crippen MR) is 74.5 cm³/mol. The van der Waals surface area contributed by atoms with Gasteiger partial charge in [0.25, 0.3) is 0 Å². The number of hydrogen-bond acceptors (Lipinski definition) is 2. The zero-order valence-corrected chi connectivity index (χ0v) is 13.2. The summed E-state index contributed by atoms with van der Waals surface area (Å²) in [5, 5.41) is -0.112. The van der Waals surface area contributed by atoms with Gasteiger partial charge in [0.1, 0.15) is 0 Å². The van der Waals surface area contributed by atoms with Crippen LogP contribution in [0.15, 0.2) is 26.5 Å². The first kappa shape index (κ1) is 14.1. The van der Waals surface area contributed by atoms with Gasteiger partial charge in [-0.05, 0) is 50.1 Å². The molecule has 0 bridgehead atoms. The molecule has 0 aliphatic rings. The van der Waals surface area contributed by atoms with Crippen LogP contribution in [0.2, 0.25) is 5.02 Å². The van der Waals surface area contributed by atoms with E-state index in [-0.39, 0.29) is 10.6 Å². The summed E-state index contributed by atoms with van der Waals surface area (Å²) in [6.07, 6.45) is 0. The monoisotopic (exact) mass is 414 g/mol. The Kier molecular flexibility index (Phi) is 4.21. The minimum Gasteiger partial charge on any atom is -0.288 e. The zero-order valence-electron chi connectivity index (χ0n) is 8.44. The second-order valence-electron chi connectivity index (χ2n) is 3.31. The first-order valence-corrected chi connectivity index (χ1v) is 7.32. The number of carbonyl (C=O) groups excluding carboxylic acids is 1. The lowest BCUT2D eigenvalue weighted by molar-refractivity contribution is 0.104. The number of benzene rings is 1. The molecular formula is C11H3Br2ClF2OS. The second kappa shape index (κ2) is 5.36. The van der Waals surface area contributed by atoms with Crippen molar-refractivity contribution >= 4 is 60.6 Å². The van der Waals surface area contributed by atoms with Crippen molar-refractivity contribution in [3.8, 4) is 0 Å². The number of ketones is 1. The summed E-state index contributed by atoms with van der Waals surface area (Å²) < 4.78 is 27.5. The molecule has 1 aromatic carbocycles. The SMILES string of the molecule is O=C(c1cc(Br)c(Br)s1)c1cc(F)c(F)cc1Cl. The van der Waals surface area contributed by atoms with Crippen LogP contribution in [0.5, 0.6) is 0 Å². The molecule has 18 heavy (non-hydrogen) atoms. The van der Waals surface area contributed by atoms with E-state index in [0.717, 1.165) is 20.4 Å². The van der Waals surface area contributed by atoms with E-state index in [0.29, 0.717) is 4.88 Å². The Labute approximate surface area is 127 Å². The molecule has 2 aromatic rings. The van der Waals surface area contributed by atoms with Crippen LogP contribution in [0, 0.1) is 11.6 Å². The highest BCUT2D eigenvalue weighted by Gasteiger charge is 2.19. The van der Waals surface area contributed by atoms with E-state index in [1.54, 1.807) is 6.07 Å². The average Bonchev–Trinajstić information content (AvgIpc) is 2.63. The maximum atomic E-state index is 13.1. The Bertz CT molecular complexity index is 623. The fourth-order valence-corrected chi connectivity index (χ4v) is 3.51. The molecular weight excluding hydrogens is 413 g/mol. The zero-order chi connectivity index (χ0) is 13.4. The van der Waals surface area contributed by atoms with Crippen LogP contribution in [-0.4, -0.2) is 5.78 Å². The Morgan fingerprint density at radius 2 is 1.78 bits per heavy atom. The first-order valence-electron chi connectivity index (χ1n) is 4.54. The van der Waals surface area contributed by atoms with E-state index >= 15 is 0 Å². The van der Waals surface area contributed by atoms with Crippen molar-refractivity contribution in [2.24, 2.45) is 0 Å². The van der Waals surface area contributed by atoms with Gasteiger partial charge in [-0.25, -0.2) is 8.78 Å². The number of halogens is 5. The van der Waals surface area contributed by atoms with Gasteiger partial charge in [0, 0.05) is 10.0 Å². The van der Waals surface area contributed by atoms with Gasteiger partial charge in [0.2, 0.25) is 5.78 Å². The van der Waals surface area contributed by atoms with Gasteiger partial charge in [-0.15, -0.1) is 11.3 Å². The minimum atomic E-state index is -1.10. The van der Waals surface area contributed by atoms with Gasteiger partial charge >= 0.3 is 0 Å². The van der Waals surface area contributed by atoms with Crippen LogP contribution in [0.1, 0.15) is 15.2 Å². The lowest BCUT2D eigenvalue weighted by Gasteiger charge is -2.02. The molecule has 0 atom stereocenters. The summed E-state index contributed by atoms with van der Waals surface area (Å²) >= 11 is 13.4. The van der Waals surface area contributed by atoms with Crippen molar-refractivity contribution in [3.05, 3.63) is 53.6 Å². The van der Waals surface area contributed by atoms with Gasteiger partial charge in [0.05, 0.1) is 13.7 Å². The molecule has 94 valence electrons. The molecule has 1 aromatic heterocycles. The minimum absolute atomic E-state index is 0.0585. The molecule has 0 radical (unpaired) electrons. The van der Waals surface area contributed by atoms with Crippen LogP contribution >= 0.6 is 54.8 Å². The van der Waals surface area contributed by atoms with Crippen molar-refractivity contribution in [3.63, 3.8) is 0 Å². The van der Waals surface area contributed by atoms with Crippen molar-refractivity contribution in [1.82, 2.24) is 0 Å². The fraction of sp³-hybridized carbons (Fsp3) is 0. The highest BCUT2D eigenvalue weighted by atomic mass is 79.9. The van der Waals surface area contributed by atoms with Crippen molar-refractivity contribution < 1.29 is 13.6 Å². The third-order valence-electron chi connectivity index (χ3n) is 2.12. The van der Waals surface area contributed by atoms with Crippen molar-refractivity contribution in [2.45, 2.75) is 0 Å². The van der Waals surface area contributed by atoms with E-state index in [1.165, 1.54) is 11.3 Å². The standard InChI is InChI=1S/C11H3Br2ClF2OS/c12-5-2-9(18-11(5)13)10(17)4-1-7(15)8(16)3-6(4)14/h1-3H. The quantitative estimate of drug-likeness (QED) is 0.471. The van der Waals surface area contributed by atoms with Crippen LogP contribution in [0.25, 0.3) is 0 Å². The lowest BCUT2D eigenvalue weighted by Crippen LogP contribution is -2.01. The van der Waals surface area contributed by atoms with E-state index in [9.17, 15) is 13.6 Å². The van der Waals surface area contributed by atoms with Crippen molar-refractivity contribution in [2.75, 3.05) is 0 Å². The smallest absolute Gasteiger partial charge is 0.204 e. The third-order valence-corrected chi connectivity index (χ3v) is 5.69. The third kappa shape index (κ3) is 2.66. The molecule has 0 saturated heterocycles. The summed E-state index contributed by atoms with van der Waals surface area (Å²) in [6.45, 7) is 0. The molecule has 7 heteroatoms. The highest BCUT2D eigenvalue weighted by molar-refractivity contribution is 9.13. The molecule has 0 aliphatic carbocycles. The van der Waals surface area contributed by atoms with Gasteiger partial charge in [0.15, 0.2) is 11.6 Å². The number of hydrogen-bond donors (Lipinski definition) is 0. The molecule has 0 unspecified atom stereocenters. The molecule has 0 aliphatic heterocycles. The van der Waals surface area contributed by atoms with Gasteiger partial charge < -0.3 is 0 Å². The average molecular weight is 416 g/mol. The van der Waals surface area contributed by atoms with Gasteiger partial charge in [-0.3, -0.25) is 4.79 Å². The maximum absolute atomic E-state index is 13.1. The van der Waals surface area contributed by atoms with Gasteiger partial charge in [-0.2, -0.15) is 0 Å². The van der Waals surface area contributed by atoms with Crippen molar-refractivity contribution in [1.29, 1.82) is 0 Å². The van der Waals surface area contributed by atoms with E-state index in [4.69, 9.17) is 11.6 Å². The second-order valence-corrected chi connectivity index (χ2v) is 6.94. The molecule has 1 nitrogen and oxygen atoms in total. The number of carbonyl (C=O) groups is 1. The largest absolute Gasteiger partial charge is 0.288 e. The molecule has 0 amide bonds. The molecule has 0 spiro atoms. The Morgan fingerprint density at radius 3 is 2.33 bits per heavy atom. The summed E-state index contributed by atoms with van der Waals surface area (Å²) in [7, 11) is 0. The summed E-state index contributed by atoms with van der Waals surface area (Å²) in [5.74, 6) is -2.63. The predicted octanol–water partition coefficient (Wildman–Crippen LogP) is 5.44. The fourth-order valence-electron chi connectivity index (χ4n) is 1.29. The van der Waals surface area contributed by atoms with Crippen LogP contribution in [0.4, 0.5) is 8.78 Å². The number of rotatable bonds is 2. The topological polar surface area (TPSA) is 17.1 Å². The molecule has 0 saturated carbocycles. The molecule has 1 heterocycles. The van der Waals surface area contributed by atoms with E-state index < -0.39 is 17.4 Å². The first-order chi connectivity index (χ1) is 8.40. The molecule has 0 fully saturated rings.